The average Bonchev–Trinajstić information content (AvgIpc) is 2.22. The van der Waals surface area contributed by atoms with E-state index in [9.17, 15) is 4.39 Å². The minimum absolute atomic E-state index is 0.178. The monoisotopic (exact) mass is 211 g/mol. The van der Waals surface area contributed by atoms with E-state index in [1.807, 2.05) is 6.07 Å². The average molecular weight is 211 g/mol. The molecule has 0 spiro atoms. The van der Waals surface area contributed by atoms with Crippen LogP contribution in [0.2, 0.25) is 0 Å². The molecule has 0 aromatic heterocycles. The SMILES string of the molecule is COCCCC(N)c1cccc(C)c1F. The minimum Gasteiger partial charge on any atom is -0.385 e. The van der Waals surface area contributed by atoms with Crippen LogP contribution in [0.15, 0.2) is 18.2 Å². The zero-order valence-electron chi connectivity index (χ0n) is 9.29. The summed E-state index contributed by atoms with van der Waals surface area (Å²) in [5, 5.41) is 0. The first-order valence-electron chi connectivity index (χ1n) is 5.16. The van der Waals surface area contributed by atoms with Crippen molar-refractivity contribution in [3.8, 4) is 0 Å². The highest BCUT2D eigenvalue weighted by molar-refractivity contribution is 5.27. The molecule has 0 aliphatic rings. The summed E-state index contributed by atoms with van der Waals surface area (Å²) in [7, 11) is 1.65. The molecule has 15 heavy (non-hydrogen) atoms. The van der Waals surface area contributed by atoms with Crippen molar-refractivity contribution in [2.45, 2.75) is 25.8 Å². The third-order valence-electron chi connectivity index (χ3n) is 2.48. The van der Waals surface area contributed by atoms with Crippen molar-refractivity contribution in [2.75, 3.05) is 13.7 Å². The standard InChI is InChI=1S/C12H18FNO/c1-9-5-3-6-10(12(9)13)11(14)7-4-8-15-2/h3,5-6,11H,4,7-8,14H2,1-2H3. The van der Waals surface area contributed by atoms with E-state index in [-0.39, 0.29) is 11.9 Å². The number of methoxy groups -OCH3 is 1. The zero-order chi connectivity index (χ0) is 11.3. The first kappa shape index (κ1) is 12.1. The van der Waals surface area contributed by atoms with E-state index >= 15 is 0 Å². The molecule has 0 aliphatic heterocycles. The fourth-order valence-corrected chi connectivity index (χ4v) is 1.56. The van der Waals surface area contributed by atoms with Crippen LogP contribution in [0.3, 0.4) is 0 Å². The van der Waals surface area contributed by atoms with E-state index in [4.69, 9.17) is 10.5 Å². The second-order valence-corrected chi connectivity index (χ2v) is 3.72. The van der Waals surface area contributed by atoms with Gasteiger partial charge in [0.05, 0.1) is 0 Å². The smallest absolute Gasteiger partial charge is 0.130 e. The molecule has 0 saturated heterocycles. The lowest BCUT2D eigenvalue weighted by molar-refractivity contribution is 0.190. The van der Waals surface area contributed by atoms with Crippen LogP contribution in [0.1, 0.15) is 30.0 Å². The molecule has 0 bridgehead atoms. The fourth-order valence-electron chi connectivity index (χ4n) is 1.56. The molecule has 0 radical (unpaired) electrons. The van der Waals surface area contributed by atoms with Crippen LogP contribution in [0.5, 0.6) is 0 Å². The van der Waals surface area contributed by atoms with Crippen molar-refractivity contribution in [1.29, 1.82) is 0 Å². The quantitative estimate of drug-likeness (QED) is 0.760. The highest BCUT2D eigenvalue weighted by atomic mass is 19.1. The topological polar surface area (TPSA) is 35.2 Å². The Hall–Kier alpha value is -0.930. The summed E-state index contributed by atoms with van der Waals surface area (Å²) in [6.07, 6.45) is 1.60. The summed E-state index contributed by atoms with van der Waals surface area (Å²) in [5.74, 6) is -0.178. The maximum atomic E-state index is 13.7. The Kier molecular flexibility index (Phi) is 4.72. The first-order chi connectivity index (χ1) is 7.16. The van der Waals surface area contributed by atoms with Crippen LogP contribution in [-0.2, 0) is 4.74 Å². The molecule has 2 nitrogen and oxygen atoms in total. The van der Waals surface area contributed by atoms with Gasteiger partial charge in [0.15, 0.2) is 0 Å². The van der Waals surface area contributed by atoms with Crippen molar-refractivity contribution >= 4 is 0 Å². The summed E-state index contributed by atoms with van der Waals surface area (Å²) < 4.78 is 18.6. The van der Waals surface area contributed by atoms with Gasteiger partial charge in [-0.3, -0.25) is 0 Å². The van der Waals surface area contributed by atoms with E-state index in [1.54, 1.807) is 26.2 Å². The molecule has 1 aromatic rings. The molecule has 0 heterocycles. The Morgan fingerprint density at radius 2 is 2.20 bits per heavy atom. The van der Waals surface area contributed by atoms with Crippen LogP contribution in [0.25, 0.3) is 0 Å². The number of hydrogen-bond acceptors (Lipinski definition) is 2. The lowest BCUT2D eigenvalue weighted by atomic mass is 10.0. The summed E-state index contributed by atoms with van der Waals surface area (Å²) >= 11 is 0. The molecule has 84 valence electrons. The predicted octanol–water partition coefficient (Wildman–Crippen LogP) is 2.56. The predicted molar refractivity (Wildman–Crippen MR) is 59.2 cm³/mol. The number of hydrogen-bond donors (Lipinski definition) is 1. The van der Waals surface area contributed by atoms with Gasteiger partial charge in [-0.25, -0.2) is 4.39 Å². The Balaban J connectivity index is 2.65. The molecule has 1 rings (SSSR count). The number of ether oxygens (including phenoxy) is 1. The Morgan fingerprint density at radius 1 is 1.47 bits per heavy atom. The second-order valence-electron chi connectivity index (χ2n) is 3.72. The molecule has 0 saturated carbocycles. The van der Waals surface area contributed by atoms with Crippen molar-refractivity contribution in [1.82, 2.24) is 0 Å². The largest absolute Gasteiger partial charge is 0.385 e. The molecule has 3 heteroatoms. The molecule has 1 atom stereocenters. The van der Waals surface area contributed by atoms with Crippen LogP contribution in [-0.4, -0.2) is 13.7 Å². The molecule has 2 N–H and O–H groups in total. The first-order valence-corrected chi connectivity index (χ1v) is 5.16. The highest BCUT2D eigenvalue weighted by Crippen LogP contribution is 2.21. The van der Waals surface area contributed by atoms with E-state index in [2.05, 4.69) is 0 Å². The normalized spacial score (nSPS) is 12.8. The van der Waals surface area contributed by atoms with E-state index < -0.39 is 0 Å². The number of aryl methyl sites for hydroxylation is 1. The molecule has 1 unspecified atom stereocenters. The summed E-state index contributed by atoms with van der Waals surface area (Å²) in [5.41, 5.74) is 7.16. The number of benzene rings is 1. The summed E-state index contributed by atoms with van der Waals surface area (Å²) in [6, 6.07) is 5.10. The zero-order valence-corrected chi connectivity index (χ0v) is 9.29. The summed E-state index contributed by atoms with van der Waals surface area (Å²) in [6.45, 7) is 2.42. The van der Waals surface area contributed by atoms with Crippen molar-refractivity contribution in [3.05, 3.63) is 35.1 Å². The van der Waals surface area contributed by atoms with Gasteiger partial charge in [-0.1, -0.05) is 18.2 Å². The lowest BCUT2D eigenvalue weighted by Crippen LogP contribution is -2.13. The van der Waals surface area contributed by atoms with Crippen molar-refractivity contribution in [2.24, 2.45) is 5.73 Å². The number of nitrogens with two attached hydrogens (primary N) is 1. The van der Waals surface area contributed by atoms with Crippen molar-refractivity contribution in [3.63, 3.8) is 0 Å². The highest BCUT2D eigenvalue weighted by Gasteiger charge is 2.12. The molecule has 0 fully saturated rings. The molecular weight excluding hydrogens is 193 g/mol. The van der Waals surface area contributed by atoms with E-state index in [0.29, 0.717) is 17.7 Å². The Morgan fingerprint density at radius 3 is 2.87 bits per heavy atom. The van der Waals surface area contributed by atoms with Crippen LogP contribution < -0.4 is 5.73 Å². The third kappa shape index (κ3) is 3.29. The van der Waals surface area contributed by atoms with Gasteiger partial charge in [0.1, 0.15) is 5.82 Å². The van der Waals surface area contributed by atoms with Crippen molar-refractivity contribution < 1.29 is 9.13 Å². The fraction of sp³-hybridized carbons (Fsp3) is 0.500. The number of halogens is 1. The summed E-state index contributed by atoms with van der Waals surface area (Å²) in [4.78, 5) is 0. The van der Waals surface area contributed by atoms with Gasteiger partial charge in [0.25, 0.3) is 0 Å². The number of rotatable bonds is 5. The van der Waals surface area contributed by atoms with Crippen LogP contribution >= 0.6 is 0 Å². The Bertz CT molecular complexity index is 314. The maximum absolute atomic E-state index is 13.7. The molecule has 0 aliphatic carbocycles. The maximum Gasteiger partial charge on any atom is 0.130 e. The van der Waals surface area contributed by atoms with Gasteiger partial charge in [0.2, 0.25) is 0 Å². The molecule has 0 amide bonds. The van der Waals surface area contributed by atoms with Gasteiger partial charge in [-0.2, -0.15) is 0 Å². The van der Waals surface area contributed by atoms with Gasteiger partial charge < -0.3 is 10.5 Å². The van der Waals surface area contributed by atoms with Gasteiger partial charge in [0, 0.05) is 25.3 Å². The van der Waals surface area contributed by atoms with Crippen LogP contribution in [0.4, 0.5) is 4.39 Å². The minimum atomic E-state index is -0.236. The van der Waals surface area contributed by atoms with E-state index in [1.165, 1.54) is 0 Å². The van der Waals surface area contributed by atoms with E-state index in [0.717, 1.165) is 12.8 Å². The Labute approximate surface area is 90.2 Å². The van der Waals surface area contributed by atoms with Gasteiger partial charge >= 0.3 is 0 Å². The molecule has 1 aromatic carbocycles. The lowest BCUT2D eigenvalue weighted by Gasteiger charge is -2.13. The van der Waals surface area contributed by atoms with Gasteiger partial charge in [-0.15, -0.1) is 0 Å². The second kappa shape index (κ2) is 5.83. The van der Waals surface area contributed by atoms with Crippen LogP contribution in [0, 0.1) is 12.7 Å². The van der Waals surface area contributed by atoms with Gasteiger partial charge in [-0.05, 0) is 25.3 Å². The third-order valence-corrected chi connectivity index (χ3v) is 2.48. The molecular formula is C12H18FNO.